The number of halogens is 1. The minimum absolute atomic E-state index is 0.559. The minimum Gasteiger partial charge on any atom is -0.493 e. The lowest BCUT2D eigenvalue weighted by Gasteiger charge is -2.24. The Morgan fingerprint density at radius 3 is 2.45 bits per heavy atom. The van der Waals surface area contributed by atoms with Crippen molar-refractivity contribution in [3.05, 3.63) is 23.8 Å². The fourth-order valence-electron chi connectivity index (χ4n) is 3.13. The molecule has 1 fully saturated rings. The standard InChI is InChI=1S/C17H25BrO2/c1-19-16-9-8-14(12-17(16)20-2)11-15(18)10-13-6-4-3-5-7-13/h8-9,12-13,15H,3-7,10-11H2,1-2H3. The Kier molecular flexibility index (Phi) is 6.21. The number of alkyl halides is 1. The average molecular weight is 341 g/mol. The normalized spacial score (nSPS) is 17.8. The van der Waals surface area contributed by atoms with Crippen molar-refractivity contribution >= 4 is 15.9 Å². The molecule has 0 heterocycles. The Labute approximate surface area is 131 Å². The van der Waals surface area contributed by atoms with E-state index in [-0.39, 0.29) is 0 Å². The number of rotatable bonds is 6. The van der Waals surface area contributed by atoms with Gasteiger partial charge in [-0.25, -0.2) is 0 Å². The van der Waals surface area contributed by atoms with E-state index >= 15 is 0 Å². The lowest BCUT2D eigenvalue weighted by atomic mass is 9.85. The van der Waals surface area contributed by atoms with E-state index in [2.05, 4.69) is 28.1 Å². The van der Waals surface area contributed by atoms with Gasteiger partial charge in [-0.05, 0) is 36.5 Å². The van der Waals surface area contributed by atoms with Gasteiger partial charge in [0, 0.05) is 4.83 Å². The maximum Gasteiger partial charge on any atom is 0.160 e. The third-order valence-electron chi connectivity index (χ3n) is 4.22. The molecule has 112 valence electrons. The van der Waals surface area contributed by atoms with Gasteiger partial charge in [0.15, 0.2) is 11.5 Å². The van der Waals surface area contributed by atoms with Gasteiger partial charge in [0.1, 0.15) is 0 Å². The summed E-state index contributed by atoms with van der Waals surface area (Å²) in [6, 6.07) is 6.22. The largest absolute Gasteiger partial charge is 0.493 e. The van der Waals surface area contributed by atoms with Crippen molar-refractivity contribution in [1.29, 1.82) is 0 Å². The van der Waals surface area contributed by atoms with E-state index in [1.807, 2.05) is 6.07 Å². The zero-order chi connectivity index (χ0) is 14.4. The van der Waals surface area contributed by atoms with E-state index in [0.29, 0.717) is 4.83 Å². The van der Waals surface area contributed by atoms with Crippen LogP contribution >= 0.6 is 15.9 Å². The predicted molar refractivity (Wildman–Crippen MR) is 87.2 cm³/mol. The van der Waals surface area contributed by atoms with Crippen LogP contribution in [0.3, 0.4) is 0 Å². The van der Waals surface area contributed by atoms with Gasteiger partial charge in [0.05, 0.1) is 14.2 Å². The molecule has 20 heavy (non-hydrogen) atoms. The van der Waals surface area contributed by atoms with E-state index in [4.69, 9.17) is 9.47 Å². The molecule has 0 aliphatic heterocycles. The summed E-state index contributed by atoms with van der Waals surface area (Å²) in [5, 5.41) is 0. The molecule has 0 saturated heterocycles. The topological polar surface area (TPSA) is 18.5 Å². The third-order valence-corrected chi connectivity index (χ3v) is 4.92. The quantitative estimate of drug-likeness (QED) is 0.680. The Morgan fingerprint density at radius 2 is 1.80 bits per heavy atom. The summed E-state index contributed by atoms with van der Waals surface area (Å²) in [5.74, 6) is 2.53. The smallest absolute Gasteiger partial charge is 0.160 e. The predicted octanol–water partition coefficient (Wildman–Crippen LogP) is 4.98. The highest BCUT2D eigenvalue weighted by molar-refractivity contribution is 9.09. The highest BCUT2D eigenvalue weighted by Gasteiger charge is 2.18. The van der Waals surface area contributed by atoms with Crippen molar-refractivity contribution in [2.75, 3.05) is 14.2 Å². The summed E-state index contributed by atoms with van der Waals surface area (Å²) in [5.41, 5.74) is 1.31. The van der Waals surface area contributed by atoms with Gasteiger partial charge in [-0.15, -0.1) is 0 Å². The maximum absolute atomic E-state index is 5.37. The van der Waals surface area contributed by atoms with Crippen LogP contribution in [0.25, 0.3) is 0 Å². The molecule has 2 nitrogen and oxygen atoms in total. The lowest BCUT2D eigenvalue weighted by molar-refractivity contribution is 0.336. The Morgan fingerprint density at radius 1 is 1.10 bits per heavy atom. The molecule has 1 unspecified atom stereocenters. The third kappa shape index (κ3) is 4.41. The monoisotopic (exact) mass is 340 g/mol. The molecule has 1 aliphatic carbocycles. The fourth-order valence-corrected chi connectivity index (χ4v) is 4.03. The summed E-state index contributed by atoms with van der Waals surface area (Å²) >= 11 is 3.86. The van der Waals surface area contributed by atoms with Crippen molar-refractivity contribution in [2.45, 2.75) is 49.8 Å². The number of methoxy groups -OCH3 is 2. The van der Waals surface area contributed by atoms with Crippen LogP contribution in [0.2, 0.25) is 0 Å². The van der Waals surface area contributed by atoms with Crippen molar-refractivity contribution in [3.63, 3.8) is 0 Å². The van der Waals surface area contributed by atoms with Crippen molar-refractivity contribution in [3.8, 4) is 11.5 Å². The van der Waals surface area contributed by atoms with Crippen LogP contribution in [0.4, 0.5) is 0 Å². The van der Waals surface area contributed by atoms with Gasteiger partial charge < -0.3 is 9.47 Å². The number of ether oxygens (including phenoxy) is 2. The van der Waals surface area contributed by atoms with E-state index in [1.165, 1.54) is 44.1 Å². The Bertz CT molecular complexity index is 413. The number of hydrogen-bond donors (Lipinski definition) is 0. The zero-order valence-electron chi connectivity index (χ0n) is 12.5. The van der Waals surface area contributed by atoms with E-state index in [1.54, 1.807) is 14.2 Å². The molecule has 0 spiro atoms. The van der Waals surface area contributed by atoms with Gasteiger partial charge in [-0.2, -0.15) is 0 Å². The lowest BCUT2D eigenvalue weighted by Crippen LogP contribution is -2.13. The Balaban J connectivity index is 1.91. The van der Waals surface area contributed by atoms with Crippen LogP contribution in [0.1, 0.15) is 44.1 Å². The molecule has 3 heteroatoms. The van der Waals surface area contributed by atoms with E-state index < -0.39 is 0 Å². The second kappa shape index (κ2) is 7.92. The van der Waals surface area contributed by atoms with Gasteiger partial charge in [0.2, 0.25) is 0 Å². The second-order valence-electron chi connectivity index (χ2n) is 5.73. The Hall–Kier alpha value is -0.700. The molecule has 0 N–H and O–H groups in total. The highest BCUT2D eigenvalue weighted by atomic mass is 79.9. The molecule has 1 aliphatic rings. The van der Waals surface area contributed by atoms with Crippen LogP contribution in [0.5, 0.6) is 11.5 Å². The molecule has 0 bridgehead atoms. The first-order chi connectivity index (χ1) is 9.72. The second-order valence-corrected chi connectivity index (χ2v) is 7.03. The fraction of sp³-hybridized carbons (Fsp3) is 0.647. The number of benzene rings is 1. The van der Waals surface area contributed by atoms with Gasteiger partial charge >= 0.3 is 0 Å². The average Bonchev–Trinajstić information content (AvgIpc) is 2.48. The van der Waals surface area contributed by atoms with Crippen molar-refractivity contribution in [2.24, 2.45) is 5.92 Å². The molecule has 0 amide bonds. The molecular formula is C17H25BrO2. The highest BCUT2D eigenvalue weighted by Crippen LogP contribution is 2.32. The molecule has 2 rings (SSSR count). The van der Waals surface area contributed by atoms with Crippen LogP contribution < -0.4 is 9.47 Å². The van der Waals surface area contributed by atoms with E-state index in [0.717, 1.165) is 23.8 Å². The molecule has 1 saturated carbocycles. The van der Waals surface area contributed by atoms with Crippen LogP contribution in [0, 0.1) is 5.92 Å². The molecule has 0 aromatic heterocycles. The zero-order valence-corrected chi connectivity index (χ0v) is 14.1. The molecule has 0 radical (unpaired) electrons. The van der Waals surface area contributed by atoms with Crippen LogP contribution in [-0.4, -0.2) is 19.0 Å². The number of hydrogen-bond acceptors (Lipinski definition) is 2. The molecule has 1 aromatic rings. The van der Waals surface area contributed by atoms with Crippen LogP contribution in [-0.2, 0) is 6.42 Å². The summed E-state index contributed by atoms with van der Waals surface area (Å²) in [4.78, 5) is 0.559. The van der Waals surface area contributed by atoms with Crippen LogP contribution in [0.15, 0.2) is 18.2 Å². The first kappa shape index (κ1) is 15.7. The molecule has 1 atom stereocenters. The van der Waals surface area contributed by atoms with Gasteiger partial charge in [-0.3, -0.25) is 0 Å². The summed E-state index contributed by atoms with van der Waals surface area (Å²) in [7, 11) is 3.36. The first-order valence-electron chi connectivity index (χ1n) is 7.58. The summed E-state index contributed by atoms with van der Waals surface area (Å²) in [6.07, 6.45) is 9.42. The van der Waals surface area contributed by atoms with Gasteiger partial charge in [-0.1, -0.05) is 54.1 Å². The minimum atomic E-state index is 0.559. The molecular weight excluding hydrogens is 316 g/mol. The summed E-state index contributed by atoms with van der Waals surface area (Å²) in [6.45, 7) is 0. The van der Waals surface area contributed by atoms with Gasteiger partial charge in [0.25, 0.3) is 0 Å². The van der Waals surface area contributed by atoms with Crippen molar-refractivity contribution < 1.29 is 9.47 Å². The first-order valence-corrected chi connectivity index (χ1v) is 8.49. The maximum atomic E-state index is 5.37. The van der Waals surface area contributed by atoms with E-state index in [9.17, 15) is 0 Å². The SMILES string of the molecule is COc1ccc(CC(Br)CC2CCCCC2)cc1OC. The molecule has 1 aromatic carbocycles. The van der Waals surface area contributed by atoms with Crippen molar-refractivity contribution in [1.82, 2.24) is 0 Å². The summed E-state index contributed by atoms with van der Waals surface area (Å²) < 4.78 is 10.6.